The van der Waals surface area contributed by atoms with Gasteiger partial charge in [0.25, 0.3) is 5.91 Å². The van der Waals surface area contributed by atoms with Gasteiger partial charge in [-0.1, -0.05) is 0 Å². The number of nitrogens with one attached hydrogen (secondary N) is 1. The lowest BCUT2D eigenvalue weighted by atomic mass is 10.0. The summed E-state index contributed by atoms with van der Waals surface area (Å²) in [6.07, 6.45) is 2.47. The van der Waals surface area contributed by atoms with Crippen LogP contribution in [0.1, 0.15) is 48.1 Å². The van der Waals surface area contributed by atoms with Gasteiger partial charge in [-0.15, -0.1) is 0 Å². The van der Waals surface area contributed by atoms with Crippen LogP contribution in [0, 0.1) is 5.82 Å². The lowest BCUT2D eigenvalue weighted by Gasteiger charge is -2.19. The molecule has 2 aliphatic heterocycles. The van der Waals surface area contributed by atoms with Crippen LogP contribution in [0.3, 0.4) is 0 Å². The van der Waals surface area contributed by atoms with Crippen molar-refractivity contribution in [1.82, 2.24) is 5.32 Å². The van der Waals surface area contributed by atoms with Crippen molar-refractivity contribution in [2.75, 3.05) is 18.2 Å². The molecule has 2 heterocycles. The van der Waals surface area contributed by atoms with Gasteiger partial charge in [0.2, 0.25) is 0 Å². The number of hydrogen-bond donors (Lipinski definition) is 1. The molecule has 2 aromatic rings. The van der Waals surface area contributed by atoms with Gasteiger partial charge < -0.3 is 10.1 Å². The maximum Gasteiger partial charge on any atom is 0.251 e. The van der Waals surface area contributed by atoms with Crippen LogP contribution in [0.25, 0.3) is 0 Å². The molecule has 140 valence electrons. The highest BCUT2D eigenvalue weighted by atomic mass is 19.1. The molecule has 5 nitrogen and oxygen atoms in total. The van der Waals surface area contributed by atoms with E-state index in [1.54, 1.807) is 18.2 Å². The van der Waals surface area contributed by atoms with E-state index in [2.05, 4.69) is 10.4 Å². The number of hydrogen-bond acceptors (Lipinski definition) is 4. The Morgan fingerprint density at radius 2 is 2.07 bits per heavy atom. The van der Waals surface area contributed by atoms with Crippen molar-refractivity contribution in [3.63, 3.8) is 0 Å². The van der Waals surface area contributed by atoms with Crippen LogP contribution in [0.4, 0.5) is 10.1 Å². The first kappa shape index (κ1) is 17.5. The summed E-state index contributed by atoms with van der Waals surface area (Å²) >= 11 is 0. The maximum atomic E-state index is 13.7. The zero-order valence-corrected chi connectivity index (χ0v) is 15.2. The Labute approximate surface area is 157 Å². The molecule has 0 fully saturated rings. The number of ether oxygens (including phenoxy) is 1. The Bertz CT molecular complexity index is 879. The van der Waals surface area contributed by atoms with Gasteiger partial charge in [-0.2, -0.15) is 5.10 Å². The molecule has 0 saturated carbocycles. The third-order valence-electron chi connectivity index (χ3n) is 4.95. The summed E-state index contributed by atoms with van der Waals surface area (Å²) in [5.74, 6) is 0.130. The van der Waals surface area contributed by atoms with Gasteiger partial charge in [0, 0.05) is 29.8 Å². The first-order valence-corrected chi connectivity index (χ1v) is 9.25. The standard InChI is InChI=1S/C21H22FN3O2/c1-14-10-11-25(24-14)17-7-4-15(5-8-17)21(26)23-19-3-2-12-27-20-9-6-16(22)13-18(19)20/h4-9,13,19H,2-3,10-12H2,1H3,(H,23,26)/t19-/m1/s1. The summed E-state index contributed by atoms with van der Waals surface area (Å²) in [5, 5.41) is 9.44. The van der Waals surface area contributed by atoms with Gasteiger partial charge in [-0.25, -0.2) is 4.39 Å². The van der Waals surface area contributed by atoms with E-state index < -0.39 is 0 Å². The third-order valence-corrected chi connectivity index (χ3v) is 4.95. The second-order valence-electron chi connectivity index (χ2n) is 6.95. The van der Waals surface area contributed by atoms with E-state index in [-0.39, 0.29) is 17.8 Å². The fourth-order valence-electron chi connectivity index (χ4n) is 3.49. The molecule has 1 atom stereocenters. The lowest BCUT2D eigenvalue weighted by molar-refractivity contribution is 0.0934. The fraction of sp³-hybridized carbons (Fsp3) is 0.333. The van der Waals surface area contributed by atoms with Crippen LogP contribution >= 0.6 is 0 Å². The zero-order chi connectivity index (χ0) is 18.8. The summed E-state index contributed by atoms with van der Waals surface area (Å²) in [5.41, 5.74) is 3.35. The predicted octanol–water partition coefficient (Wildman–Crippen LogP) is 4.06. The molecule has 2 aromatic carbocycles. The summed E-state index contributed by atoms with van der Waals surface area (Å²) in [4.78, 5) is 12.7. The monoisotopic (exact) mass is 367 g/mol. The van der Waals surface area contributed by atoms with Crippen molar-refractivity contribution in [3.8, 4) is 5.75 Å². The van der Waals surface area contributed by atoms with Crippen molar-refractivity contribution in [2.45, 2.75) is 32.2 Å². The molecule has 1 amide bonds. The average molecular weight is 367 g/mol. The summed E-state index contributed by atoms with van der Waals surface area (Å²) in [6, 6.07) is 11.6. The van der Waals surface area contributed by atoms with Crippen LogP contribution < -0.4 is 15.1 Å². The maximum absolute atomic E-state index is 13.7. The molecule has 6 heteroatoms. The second kappa shape index (κ2) is 7.39. The van der Waals surface area contributed by atoms with E-state index >= 15 is 0 Å². The summed E-state index contributed by atoms with van der Waals surface area (Å²) < 4.78 is 19.4. The highest BCUT2D eigenvalue weighted by molar-refractivity contribution is 5.95. The molecule has 1 N–H and O–H groups in total. The van der Waals surface area contributed by atoms with E-state index in [0.717, 1.165) is 30.8 Å². The highest BCUT2D eigenvalue weighted by Gasteiger charge is 2.23. The van der Waals surface area contributed by atoms with Gasteiger partial charge in [0.05, 0.1) is 18.3 Å². The van der Waals surface area contributed by atoms with E-state index in [0.29, 0.717) is 29.9 Å². The Kier molecular flexibility index (Phi) is 4.79. The number of fused-ring (bicyclic) bond motifs is 1. The van der Waals surface area contributed by atoms with Crippen molar-refractivity contribution in [1.29, 1.82) is 0 Å². The van der Waals surface area contributed by atoms with Crippen LogP contribution in [-0.4, -0.2) is 24.8 Å². The number of nitrogens with zero attached hydrogens (tertiary/aromatic N) is 2. The number of rotatable bonds is 3. The Morgan fingerprint density at radius 1 is 1.26 bits per heavy atom. The van der Waals surface area contributed by atoms with E-state index in [1.165, 1.54) is 12.1 Å². The lowest BCUT2D eigenvalue weighted by Crippen LogP contribution is -2.28. The Balaban J connectivity index is 1.50. The van der Waals surface area contributed by atoms with E-state index in [1.807, 2.05) is 24.1 Å². The largest absolute Gasteiger partial charge is 0.493 e. The zero-order valence-electron chi connectivity index (χ0n) is 15.2. The molecule has 2 aliphatic rings. The van der Waals surface area contributed by atoms with Gasteiger partial charge >= 0.3 is 0 Å². The van der Waals surface area contributed by atoms with Crippen molar-refractivity contribution in [2.24, 2.45) is 5.10 Å². The van der Waals surface area contributed by atoms with Gasteiger partial charge in [0.1, 0.15) is 11.6 Å². The van der Waals surface area contributed by atoms with Crippen LogP contribution in [0.5, 0.6) is 5.75 Å². The molecular weight excluding hydrogens is 345 g/mol. The number of halogens is 1. The molecule has 0 spiro atoms. The minimum atomic E-state index is -0.329. The molecule has 0 unspecified atom stereocenters. The Morgan fingerprint density at radius 3 is 2.81 bits per heavy atom. The smallest absolute Gasteiger partial charge is 0.251 e. The molecular formula is C21H22FN3O2. The number of hydrazone groups is 1. The van der Waals surface area contributed by atoms with Crippen molar-refractivity contribution >= 4 is 17.3 Å². The van der Waals surface area contributed by atoms with Crippen LogP contribution in [0.2, 0.25) is 0 Å². The molecule has 0 radical (unpaired) electrons. The van der Waals surface area contributed by atoms with E-state index in [4.69, 9.17) is 4.74 Å². The minimum absolute atomic E-state index is 0.176. The number of carbonyl (C=O) groups is 1. The molecule has 0 saturated heterocycles. The molecule has 4 rings (SSSR count). The predicted molar refractivity (Wildman–Crippen MR) is 103 cm³/mol. The molecule has 27 heavy (non-hydrogen) atoms. The van der Waals surface area contributed by atoms with Gasteiger partial charge in [-0.05, 0) is 62.2 Å². The first-order chi connectivity index (χ1) is 13.1. The van der Waals surface area contributed by atoms with Crippen LogP contribution in [0.15, 0.2) is 47.6 Å². The normalized spacial score (nSPS) is 19.0. The topological polar surface area (TPSA) is 53.9 Å². The summed E-state index contributed by atoms with van der Waals surface area (Å²) in [6.45, 7) is 3.44. The number of benzene rings is 2. The van der Waals surface area contributed by atoms with Gasteiger partial charge in [0.15, 0.2) is 0 Å². The minimum Gasteiger partial charge on any atom is -0.493 e. The van der Waals surface area contributed by atoms with Crippen molar-refractivity contribution in [3.05, 3.63) is 59.4 Å². The molecule has 0 aromatic heterocycles. The van der Waals surface area contributed by atoms with Crippen molar-refractivity contribution < 1.29 is 13.9 Å². The number of anilines is 1. The van der Waals surface area contributed by atoms with Gasteiger partial charge in [-0.3, -0.25) is 9.80 Å². The fourth-order valence-corrected chi connectivity index (χ4v) is 3.49. The second-order valence-corrected chi connectivity index (χ2v) is 6.95. The van der Waals surface area contributed by atoms with E-state index in [9.17, 15) is 9.18 Å². The summed E-state index contributed by atoms with van der Waals surface area (Å²) in [7, 11) is 0. The average Bonchev–Trinajstić information content (AvgIpc) is 3.02. The first-order valence-electron chi connectivity index (χ1n) is 9.25. The molecule has 0 bridgehead atoms. The van der Waals surface area contributed by atoms with Crippen LogP contribution in [-0.2, 0) is 0 Å². The number of carbonyl (C=O) groups excluding carboxylic acids is 1. The molecule has 0 aliphatic carbocycles. The third kappa shape index (κ3) is 3.79. The quantitative estimate of drug-likeness (QED) is 0.890. The Hall–Kier alpha value is -2.89. The SMILES string of the molecule is CC1=NN(c2ccc(C(=O)N[C@@H]3CCCOc4ccc(F)cc43)cc2)CC1. The number of amides is 1. The highest BCUT2D eigenvalue weighted by Crippen LogP contribution is 2.32.